The summed E-state index contributed by atoms with van der Waals surface area (Å²) < 4.78 is 1.98. The van der Waals surface area contributed by atoms with E-state index >= 15 is 0 Å². The van der Waals surface area contributed by atoms with E-state index in [0.717, 1.165) is 12.2 Å². The van der Waals surface area contributed by atoms with E-state index in [-0.39, 0.29) is 6.04 Å². The third kappa shape index (κ3) is 1.81. The molecule has 1 unspecified atom stereocenters. The van der Waals surface area contributed by atoms with Crippen LogP contribution in [-0.2, 0) is 19.4 Å². The maximum absolute atomic E-state index is 6.35. The van der Waals surface area contributed by atoms with Crippen LogP contribution in [0.3, 0.4) is 0 Å². The van der Waals surface area contributed by atoms with E-state index in [4.69, 9.17) is 5.73 Å². The molecular weight excluding hydrogens is 230 g/mol. The molecule has 1 atom stereocenters. The molecule has 0 fully saturated rings. The summed E-state index contributed by atoms with van der Waals surface area (Å²) in [6.45, 7) is 2.97. The largest absolute Gasteiger partial charge is 0.318 e. The Labute approximate surface area is 105 Å². The number of aromatic nitrogens is 2. The Kier molecular flexibility index (Phi) is 2.76. The van der Waals surface area contributed by atoms with Crippen molar-refractivity contribution in [1.29, 1.82) is 0 Å². The molecule has 1 aliphatic carbocycles. The summed E-state index contributed by atoms with van der Waals surface area (Å²) in [6.07, 6.45) is 5.61. The van der Waals surface area contributed by atoms with Gasteiger partial charge in [-0.15, -0.1) is 11.3 Å². The van der Waals surface area contributed by atoms with Crippen molar-refractivity contribution in [2.45, 2.75) is 38.8 Å². The van der Waals surface area contributed by atoms with E-state index in [9.17, 15) is 0 Å². The zero-order chi connectivity index (χ0) is 11.8. The smallest absolute Gasteiger partial charge is 0.0817 e. The predicted molar refractivity (Wildman–Crippen MR) is 70.3 cm³/mol. The van der Waals surface area contributed by atoms with Crippen molar-refractivity contribution in [2.24, 2.45) is 5.73 Å². The van der Waals surface area contributed by atoms with E-state index in [2.05, 4.69) is 18.1 Å². The Bertz CT molecular complexity index is 505. The molecule has 0 saturated carbocycles. The molecule has 0 amide bonds. The summed E-state index contributed by atoms with van der Waals surface area (Å²) in [6, 6.07) is 4.30. The normalized spacial score (nSPS) is 16.1. The van der Waals surface area contributed by atoms with Gasteiger partial charge in [-0.1, -0.05) is 0 Å². The monoisotopic (exact) mass is 247 g/mol. The van der Waals surface area contributed by atoms with Gasteiger partial charge in [0.2, 0.25) is 0 Å². The highest BCUT2D eigenvalue weighted by atomic mass is 32.1. The molecule has 1 aliphatic rings. The maximum Gasteiger partial charge on any atom is 0.0817 e. The summed E-state index contributed by atoms with van der Waals surface area (Å²) in [5.41, 5.74) is 8.98. The fourth-order valence-corrected chi connectivity index (χ4v) is 3.79. The molecule has 3 nitrogen and oxygen atoms in total. The minimum atomic E-state index is -0.0203. The van der Waals surface area contributed by atoms with Crippen LogP contribution in [0.25, 0.3) is 0 Å². The molecule has 17 heavy (non-hydrogen) atoms. The highest BCUT2D eigenvalue weighted by Gasteiger charge is 2.20. The molecule has 2 N–H and O–H groups in total. The summed E-state index contributed by atoms with van der Waals surface area (Å²) >= 11 is 1.88. The lowest BCUT2D eigenvalue weighted by molar-refractivity contribution is 0.603. The van der Waals surface area contributed by atoms with E-state index in [1.807, 2.05) is 28.3 Å². The second kappa shape index (κ2) is 4.27. The van der Waals surface area contributed by atoms with Crippen molar-refractivity contribution < 1.29 is 0 Å². The van der Waals surface area contributed by atoms with Gasteiger partial charge >= 0.3 is 0 Å². The van der Waals surface area contributed by atoms with Crippen LogP contribution in [0.2, 0.25) is 0 Å². The Morgan fingerprint density at radius 3 is 3.18 bits per heavy atom. The van der Waals surface area contributed by atoms with Gasteiger partial charge in [-0.2, -0.15) is 5.10 Å². The first-order valence-corrected chi connectivity index (χ1v) is 7.00. The van der Waals surface area contributed by atoms with Crippen LogP contribution in [-0.4, -0.2) is 9.78 Å². The molecule has 0 spiro atoms. The van der Waals surface area contributed by atoms with Gasteiger partial charge in [0.05, 0.1) is 11.7 Å². The molecule has 2 aromatic rings. The fraction of sp³-hybridized carbons (Fsp3) is 0.462. The molecular formula is C13H17N3S. The lowest BCUT2D eigenvalue weighted by Gasteiger charge is -2.11. The SMILES string of the molecule is CCn1nccc1C(N)c1cc2c(s1)CCC2. The number of hydrogen-bond acceptors (Lipinski definition) is 3. The Morgan fingerprint density at radius 1 is 1.53 bits per heavy atom. The van der Waals surface area contributed by atoms with E-state index in [1.54, 1.807) is 0 Å². The van der Waals surface area contributed by atoms with Crippen LogP contribution in [0.5, 0.6) is 0 Å². The highest BCUT2D eigenvalue weighted by Crippen LogP contribution is 2.34. The number of fused-ring (bicyclic) bond motifs is 1. The Balaban J connectivity index is 1.93. The summed E-state index contributed by atoms with van der Waals surface area (Å²) in [5, 5.41) is 4.29. The van der Waals surface area contributed by atoms with E-state index < -0.39 is 0 Å². The second-order valence-corrected chi connectivity index (χ2v) is 5.67. The van der Waals surface area contributed by atoms with Gasteiger partial charge in [0, 0.05) is 22.5 Å². The molecule has 0 saturated heterocycles. The molecule has 3 rings (SSSR count). The van der Waals surface area contributed by atoms with Crippen LogP contribution in [0, 0.1) is 0 Å². The van der Waals surface area contributed by atoms with Crippen molar-refractivity contribution in [1.82, 2.24) is 9.78 Å². The molecule has 2 heterocycles. The first-order valence-electron chi connectivity index (χ1n) is 6.18. The van der Waals surface area contributed by atoms with Crippen molar-refractivity contribution in [3.63, 3.8) is 0 Å². The number of hydrogen-bond donors (Lipinski definition) is 1. The van der Waals surface area contributed by atoms with Crippen molar-refractivity contribution in [3.8, 4) is 0 Å². The Morgan fingerprint density at radius 2 is 2.41 bits per heavy atom. The van der Waals surface area contributed by atoms with Crippen molar-refractivity contribution in [3.05, 3.63) is 39.3 Å². The summed E-state index contributed by atoms with van der Waals surface area (Å²) in [4.78, 5) is 2.82. The number of aryl methyl sites for hydroxylation is 3. The van der Waals surface area contributed by atoms with Gasteiger partial charge in [-0.25, -0.2) is 0 Å². The molecule has 0 bridgehead atoms. The number of nitrogens with two attached hydrogens (primary N) is 1. The van der Waals surface area contributed by atoms with E-state index in [0.29, 0.717) is 0 Å². The van der Waals surface area contributed by atoms with Crippen LogP contribution < -0.4 is 5.73 Å². The van der Waals surface area contributed by atoms with Gasteiger partial charge in [0.15, 0.2) is 0 Å². The van der Waals surface area contributed by atoms with Gasteiger partial charge in [0.25, 0.3) is 0 Å². The van der Waals surface area contributed by atoms with E-state index in [1.165, 1.54) is 34.6 Å². The van der Waals surface area contributed by atoms with Crippen LogP contribution in [0.4, 0.5) is 0 Å². The molecule has 4 heteroatoms. The lowest BCUT2D eigenvalue weighted by atomic mass is 10.1. The maximum atomic E-state index is 6.35. The molecule has 0 radical (unpaired) electrons. The first kappa shape index (κ1) is 11.0. The number of nitrogens with zero attached hydrogens (tertiary/aromatic N) is 2. The minimum absolute atomic E-state index is 0.0203. The second-order valence-electron chi connectivity index (χ2n) is 4.50. The van der Waals surface area contributed by atoms with Gasteiger partial charge in [0.1, 0.15) is 0 Å². The highest BCUT2D eigenvalue weighted by molar-refractivity contribution is 7.12. The molecule has 0 aliphatic heterocycles. The van der Waals surface area contributed by atoms with Crippen LogP contribution >= 0.6 is 11.3 Å². The summed E-state index contributed by atoms with van der Waals surface area (Å²) in [7, 11) is 0. The topological polar surface area (TPSA) is 43.8 Å². The lowest BCUT2D eigenvalue weighted by Crippen LogP contribution is -2.16. The van der Waals surface area contributed by atoms with Crippen molar-refractivity contribution >= 4 is 11.3 Å². The predicted octanol–water partition coefficient (Wildman–Crippen LogP) is 2.50. The van der Waals surface area contributed by atoms with Crippen LogP contribution in [0.1, 0.15) is 40.4 Å². The average Bonchev–Trinajstić information content (AvgIpc) is 3.02. The first-order chi connectivity index (χ1) is 8.29. The number of thiophene rings is 1. The number of rotatable bonds is 3. The summed E-state index contributed by atoms with van der Waals surface area (Å²) in [5.74, 6) is 0. The minimum Gasteiger partial charge on any atom is -0.318 e. The average molecular weight is 247 g/mol. The molecule has 2 aromatic heterocycles. The van der Waals surface area contributed by atoms with Gasteiger partial charge in [-0.05, 0) is 43.9 Å². The Hall–Kier alpha value is -1.13. The molecule has 90 valence electrons. The van der Waals surface area contributed by atoms with Gasteiger partial charge < -0.3 is 5.73 Å². The standard InChI is InChI=1S/C13H17N3S/c1-2-16-10(6-7-15-16)13(14)12-8-9-4-3-5-11(9)17-12/h6-8,13H,2-5,14H2,1H3. The quantitative estimate of drug-likeness (QED) is 0.905. The zero-order valence-electron chi connectivity index (χ0n) is 10.0. The third-order valence-corrected chi connectivity index (χ3v) is 4.76. The van der Waals surface area contributed by atoms with Crippen LogP contribution in [0.15, 0.2) is 18.3 Å². The third-order valence-electron chi connectivity index (χ3n) is 3.44. The molecule has 0 aromatic carbocycles. The van der Waals surface area contributed by atoms with Crippen molar-refractivity contribution in [2.75, 3.05) is 0 Å². The van der Waals surface area contributed by atoms with Gasteiger partial charge in [-0.3, -0.25) is 4.68 Å². The zero-order valence-corrected chi connectivity index (χ0v) is 10.8. The fourth-order valence-electron chi connectivity index (χ4n) is 2.52.